The lowest BCUT2D eigenvalue weighted by atomic mass is 10.1. The van der Waals surface area contributed by atoms with Gasteiger partial charge in [-0.2, -0.15) is 0 Å². The van der Waals surface area contributed by atoms with Gasteiger partial charge in [-0.1, -0.05) is 28.9 Å². The van der Waals surface area contributed by atoms with Crippen molar-refractivity contribution in [3.8, 4) is 0 Å². The number of rotatable bonds is 7. The third kappa shape index (κ3) is 4.43. The predicted octanol–water partition coefficient (Wildman–Crippen LogP) is 4.51. The largest absolute Gasteiger partial charge is 0.346 e. The number of amides is 1. The molecule has 0 aliphatic heterocycles. The number of carbonyl (C=O) groups is 1. The highest BCUT2D eigenvalue weighted by Crippen LogP contribution is 2.39. The summed E-state index contributed by atoms with van der Waals surface area (Å²) < 4.78 is 44.0. The topological polar surface area (TPSA) is 77.1 Å². The third-order valence-electron chi connectivity index (χ3n) is 5.56. The molecule has 1 saturated carbocycles. The number of alkyl halides is 2. The Hall–Kier alpha value is -3.40. The van der Waals surface area contributed by atoms with Gasteiger partial charge in [-0.05, 0) is 36.5 Å². The van der Waals surface area contributed by atoms with Crippen molar-refractivity contribution >= 4 is 23.2 Å². The zero-order chi connectivity index (χ0) is 23.1. The number of pyridine rings is 1. The van der Waals surface area contributed by atoms with Crippen LogP contribution in [0.5, 0.6) is 0 Å². The van der Waals surface area contributed by atoms with Gasteiger partial charge in [0.15, 0.2) is 5.69 Å². The number of nitrogens with one attached hydrogen (secondary N) is 1. The van der Waals surface area contributed by atoms with E-state index in [4.69, 9.17) is 11.6 Å². The lowest BCUT2D eigenvalue weighted by Gasteiger charge is -2.11. The summed E-state index contributed by atoms with van der Waals surface area (Å²) in [4.78, 5) is 17.0. The van der Waals surface area contributed by atoms with Gasteiger partial charge in [0.25, 0.3) is 12.3 Å². The van der Waals surface area contributed by atoms with Crippen molar-refractivity contribution in [2.75, 3.05) is 0 Å². The van der Waals surface area contributed by atoms with Gasteiger partial charge in [-0.3, -0.25) is 4.79 Å². The Morgan fingerprint density at radius 2 is 2.00 bits per heavy atom. The fourth-order valence-corrected chi connectivity index (χ4v) is 3.87. The van der Waals surface area contributed by atoms with E-state index in [2.05, 4.69) is 32.9 Å². The molecule has 11 heteroatoms. The fourth-order valence-electron chi connectivity index (χ4n) is 3.69. The Kier molecular flexibility index (Phi) is 5.53. The molecule has 1 N–H and O–H groups in total. The van der Waals surface area contributed by atoms with E-state index in [9.17, 15) is 18.0 Å². The van der Waals surface area contributed by atoms with Gasteiger partial charge in [-0.15, -0.1) is 5.10 Å². The number of aromatic nitrogens is 5. The summed E-state index contributed by atoms with van der Waals surface area (Å²) in [5.41, 5.74) is 1.91. The van der Waals surface area contributed by atoms with Crippen LogP contribution in [0.25, 0.3) is 5.65 Å². The smallest absolute Gasteiger partial charge is 0.273 e. The second kappa shape index (κ2) is 8.51. The van der Waals surface area contributed by atoms with E-state index in [0.717, 1.165) is 23.5 Å². The quantitative estimate of drug-likeness (QED) is 0.427. The average Bonchev–Trinajstić information content (AvgIpc) is 3.40. The zero-order valence-electron chi connectivity index (χ0n) is 17.2. The van der Waals surface area contributed by atoms with Crippen LogP contribution >= 0.6 is 11.6 Å². The molecule has 1 aromatic carbocycles. The molecule has 3 heterocycles. The summed E-state index contributed by atoms with van der Waals surface area (Å²) in [5, 5.41) is 9.85. The van der Waals surface area contributed by atoms with E-state index in [1.165, 1.54) is 29.3 Å². The average molecular weight is 475 g/mol. The maximum Gasteiger partial charge on any atom is 0.273 e. The van der Waals surface area contributed by atoms with Crippen molar-refractivity contribution in [2.24, 2.45) is 0 Å². The molecule has 0 spiro atoms. The van der Waals surface area contributed by atoms with Gasteiger partial charge in [0, 0.05) is 30.1 Å². The molecule has 7 nitrogen and oxygen atoms in total. The Labute approximate surface area is 191 Å². The van der Waals surface area contributed by atoms with Crippen LogP contribution in [0, 0.1) is 5.82 Å². The van der Waals surface area contributed by atoms with E-state index in [0.29, 0.717) is 12.5 Å². The van der Waals surface area contributed by atoms with E-state index >= 15 is 0 Å². The normalized spacial score (nSPS) is 13.7. The van der Waals surface area contributed by atoms with Gasteiger partial charge in [0.05, 0.1) is 23.5 Å². The highest BCUT2D eigenvalue weighted by Gasteiger charge is 2.24. The Bertz CT molecular complexity index is 1350. The Morgan fingerprint density at radius 3 is 2.76 bits per heavy atom. The molecule has 1 amide bonds. The van der Waals surface area contributed by atoms with E-state index in [1.54, 1.807) is 0 Å². The van der Waals surface area contributed by atoms with Crippen molar-refractivity contribution < 1.29 is 18.0 Å². The molecule has 1 aliphatic carbocycles. The first kappa shape index (κ1) is 21.4. The number of carbonyl (C=O) groups excluding carboxylic acids is 1. The standard InChI is InChI=1S/C22H18ClF3N6O/c23-17-5-4-15(21(25)26)16(20(17)24)7-27-22(33)18-11-32(30-29-18)10-14-9-31-8-13(12-1-2-12)3-6-19(31)28-14/h3-6,8-9,11-12,21H,1-2,7,10H2,(H,27,33). The molecule has 5 rings (SSSR count). The second-order valence-corrected chi connectivity index (χ2v) is 8.36. The van der Waals surface area contributed by atoms with E-state index in [1.807, 2.05) is 16.7 Å². The number of hydrogen-bond donors (Lipinski definition) is 1. The lowest BCUT2D eigenvalue weighted by Crippen LogP contribution is -2.24. The van der Waals surface area contributed by atoms with Crippen LogP contribution in [0.15, 0.2) is 42.9 Å². The summed E-state index contributed by atoms with van der Waals surface area (Å²) in [6.07, 6.45) is 4.91. The van der Waals surface area contributed by atoms with Crippen LogP contribution in [0.4, 0.5) is 13.2 Å². The molecular formula is C22H18ClF3N6O. The van der Waals surface area contributed by atoms with Crippen LogP contribution in [0.3, 0.4) is 0 Å². The molecule has 0 saturated heterocycles. The van der Waals surface area contributed by atoms with Gasteiger partial charge in [0.1, 0.15) is 11.5 Å². The SMILES string of the molecule is O=C(NCc1c(C(F)F)ccc(Cl)c1F)c1cn(Cc2cn3cc(C4CC4)ccc3n2)nn1. The molecule has 0 unspecified atom stereocenters. The number of hydrogen-bond acceptors (Lipinski definition) is 4. The summed E-state index contributed by atoms with van der Waals surface area (Å²) in [7, 11) is 0. The van der Waals surface area contributed by atoms with Crippen molar-refractivity contribution in [1.82, 2.24) is 29.7 Å². The highest BCUT2D eigenvalue weighted by molar-refractivity contribution is 6.30. The predicted molar refractivity (Wildman–Crippen MR) is 114 cm³/mol. The molecule has 33 heavy (non-hydrogen) atoms. The molecule has 1 fully saturated rings. The van der Waals surface area contributed by atoms with Crippen molar-refractivity contribution in [2.45, 2.75) is 38.3 Å². The van der Waals surface area contributed by atoms with Crippen LogP contribution < -0.4 is 5.32 Å². The molecule has 0 atom stereocenters. The first-order valence-electron chi connectivity index (χ1n) is 10.3. The first-order chi connectivity index (χ1) is 15.9. The highest BCUT2D eigenvalue weighted by atomic mass is 35.5. The summed E-state index contributed by atoms with van der Waals surface area (Å²) >= 11 is 5.69. The van der Waals surface area contributed by atoms with Crippen LogP contribution in [-0.4, -0.2) is 30.3 Å². The van der Waals surface area contributed by atoms with Gasteiger partial charge in [0.2, 0.25) is 0 Å². The molecular weight excluding hydrogens is 457 g/mol. The molecule has 3 aromatic heterocycles. The maximum absolute atomic E-state index is 14.2. The van der Waals surface area contributed by atoms with Crippen LogP contribution in [0.1, 0.15) is 58.1 Å². The zero-order valence-corrected chi connectivity index (χ0v) is 17.9. The number of imidazole rings is 1. The minimum Gasteiger partial charge on any atom is -0.346 e. The lowest BCUT2D eigenvalue weighted by molar-refractivity contribution is 0.0943. The van der Waals surface area contributed by atoms with Crippen molar-refractivity contribution in [1.29, 1.82) is 0 Å². The monoisotopic (exact) mass is 474 g/mol. The van der Waals surface area contributed by atoms with Gasteiger partial charge >= 0.3 is 0 Å². The number of nitrogens with zero attached hydrogens (tertiary/aromatic N) is 5. The van der Waals surface area contributed by atoms with Gasteiger partial charge < -0.3 is 9.72 Å². The van der Waals surface area contributed by atoms with Crippen LogP contribution in [0.2, 0.25) is 5.02 Å². The second-order valence-electron chi connectivity index (χ2n) is 7.95. The van der Waals surface area contributed by atoms with E-state index < -0.39 is 30.3 Å². The molecule has 4 aromatic rings. The number of halogens is 4. The van der Waals surface area contributed by atoms with Gasteiger partial charge in [-0.25, -0.2) is 22.8 Å². The minimum absolute atomic E-state index is 0.0317. The molecule has 170 valence electrons. The van der Waals surface area contributed by atoms with E-state index in [-0.39, 0.29) is 16.3 Å². The van der Waals surface area contributed by atoms with Crippen LogP contribution in [-0.2, 0) is 13.1 Å². The maximum atomic E-state index is 14.2. The summed E-state index contributed by atoms with van der Waals surface area (Å²) in [6, 6.07) is 6.15. The first-order valence-corrected chi connectivity index (χ1v) is 10.7. The van der Waals surface area contributed by atoms with Crippen molar-refractivity contribution in [3.63, 3.8) is 0 Å². The molecule has 1 aliphatic rings. The Morgan fingerprint density at radius 1 is 1.18 bits per heavy atom. The molecule has 0 radical (unpaired) electrons. The molecule has 0 bridgehead atoms. The van der Waals surface area contributed by atoms with Crippen molar-refractivity contribution in [3.05, 3.63) is 81.8 Å². The minimum atomic E-state index is -2.91. The number of benzene rings is 1. The third-order valence-corrected chi connectivity index (χ3v) is 5.85. The fraction of sp³-hybridized carbons (Fsp3) is 0.273. The Balaban J connectivity index is 1.27. The number of fused-ring (bicyclic) bond motifs is 1. The summed E-state index contributed by atoms with van der Waals surface area (Å²) in [5.74, 6) is -1.03. The summed E-state index contributed by atoms with van der Waals surface area (Å²) in [6.45, 7) is -0.174.